The van der Waals surface area contributed by atoms with Crippen LogP contribution in [0.15, 0.2) is 4.52 Å². The molecule has 0 amide bonds. The lowest BCUT2D eigenvalue weighted by Gasteiger charge is -2.23. The van der Waals surface area contributed by atoms with Crippen molar-refractivity contribution in [2.24, 2.45) is 5.73 Å². The van der Waals surface area contributed by atoms with Gasteiger partial charge in [-0.05, 0) is 6.92 Å². The first kappa shape index (κ1) is 13.6. The van der Waals surface area contributed by atoms with Gasteiger partial charge in [-0.3, -0.25) is 0 Å². The van der Waals surface area contributed by atoms with Gasteiger partial charge >= 0.3 is 6.18 Å². The van der Waals surface area contributed by atoms with Crippen LogP contribution in [0.1, 0.15) is 24.7 Å². The minimum Gasteiger partial charge on any atom is -0.368 e. The molecule has 9 heteroatoms. The van der Waals surface area contributed by atoms with Gasteiger partial charge in [0.25, 0.3) is 5.89 Å². The fourth-order valence-corrected chi connectivity index (χ4v) is 2.17. The zero-order valence-corrected chi connectivity index (χ0v) is 10.3. The van der Waals surface area contributed by atoms with Crippen LogP contribution in [-0.2, 0) is 10.3 Å². The SMILES string of the molecule is CC(N)(c1nc(C2CSCCO2)no1)C(F)(F)F. The maximum Gasteiger partial charge on any atom is 0.415 e. The van der Waals surface area contributed by atoms with Gasteiger partial charge in [-0.1, -0.05) is 5.16 Å². The van der Waals surface area contributed by atoms with Gasteiger partial charge in [-0.25, -0.2) is 0 Å². The van der Waals surface area contributed by atoms with E-state index in [-0.39, 0.29) is 5.82 Å². The van der Waals surface area contributed by atoms with Crippen LogP contribution in [-0.4, -0.2) is 34.4 Å². The van der Waals surface area contributed by atoms with Gasteiger partial charge in [-0.2, -0.15) is 29.9 Å². The molecule has 1 aromatic heterocycles. The molecule has 0 saturated carbocycles. The van der Waals surface area contributed by atoms with Crippen LogP contribution in [0.5, 0.6) is 0 Å². The minimum absolute atomic E-state index is 0.109. The lowest BCUT2D eigenvalue weighted by molar-refractivity contribution is -0.190. The fourth-order valence-electron chi connectivity index (χ4n) is 1.33. The zero-order valence-electron chi connectivity index (χ0n) is 9.53. The van der Waals surface area contributed by atoms with Gasteiger partial charge in [0.05, 0.1) is 6.61 Å². The summed E-state index contributed by atoms with van der Waals surface area (Å²) in [5.41, 5.74) is 2.54. The number of nitrogens with two attached hydrogens (primary N) is 1. The number of thioether (sulfide) groups is 1. The largest absolute Gasteiger partial charge is 0.415 e. The van der Waals surface area contributed by atoms with E-state index in [4.69, 9.17) is 10.5 Å². The molecule has 1 aliphatic heterocycles. The maximum atomic E-state index is 12.7. The average molecular weight is 283 g/mol. The Hall–Kier alpha value is -0.800. The highest BCUT2D eigenvalue weighted by atomic mass is 32.2. The predicted molar refractivity (Wildman–Crippen MR) is 57.9 cm³/mol. The summed E-state index contributed by atoms with van der Waals surface area (Å²) in [6.07, 6.45) is -5.09. The van der Waals surface area contributed by atoms with E-state index in [1.54, 1.807) is 11.8 Å². The number of hydrogen-bond donors (Lipinski definition) is 1. The lowest BCUT2D eigenvalue weighted by atomic mass is 10.0. The van der Waals surface area contributed by atoms with Crippen molar-refractivity contribution in [3.63, 3.8) is 0 Å². The molecule has 2 N–H and O–H groups in total. The third-order valence-corrected chi connectivity index (χ3v) is 3.57. The van der Waals surface area contributed by atoms with Gasteiger partial charge in [0.15, 0.2) is 5.54 Å². The van der Waals surface area contributed by atoms with Gasteiger partial charge in [0.1, 0.15) is 6.10 Å². The predicted octanol–water partition coefficient (Wildman–Crippen LogP) is 1.61. The van der Waals surface area contributed by atoms with E-state index in [1.807, 2.05) is 0 Å². The molecule has 1 aromatic rings. The van der Waals surface area contributed by atoms with Crippen LogP contribution in [0.2, 0.25) is 0 Å². The van der Waals surface area contributed by atoms with Crippen LogP contribution < -0.4 is 5.73 Å². The summed E-state index contributed by atoms with van der Waals surface area (Å²) < 4.78 is 48.0. The number of rotatable bonds is 2. The number of halogens is 3. The molecule has 5 nitrogen and oxygen atoms in total. The molecule has 0 bridgehead atoms. The van der Waals surface area contributed by atoms with Crippen molar-refractivity contribution in [1.29, 1.82) is 0 Å². The normalized spacial score (nSPS) is 24.8. The number of hydrogen-bond acceptors (Lipinski definition) is 6. The van der Waals surface area contributed by atoms with Gasteiger partial charge in [0, 0.05) is 11.5 Å². The maximum absolute atomic E-state index is 12.7. The Kier molecular flexibility index (Phi) is 3.56. The summed E-state index contributed by atoms with van der Waals surface area (Å²) in [7, 11) is 0. The van der Waals surface area contributed by atoms with Crippen molar-refractivity contribution in [2.45, 2.75) is 24.7 Å². The first-order valence-electron chi connectivity index (χ1n) is 5.21. The van der Waals surface area contributed by atoms with Crippen LogP contribution in [0.4, 0.5) is 13.2 Å². The molecular weight excluding hydrogens is 271 g/mol. The van der Waals surface area contributed by atoms with E-state index in [0.29, 0.717) is 12.4 Å². The molecule has 2 rings (SSSR count). The van der Waals surface area contributed by atoms with Crippen LogP contribution in [0, 0.1) is 0 Å². The summed E-state index contributed by atoms with van der Waals surface area (Å²) in [4.78, 5) is 3.71. The molecule has 18 heavy (non-hydrogen) atoms. The third kappa shape index (κ3) is 2.47. The second-order valence-electron chi connectivity index (χ2n) is 4.09. The van der Waals surface area contributed by atoms with Crippen molar-refractivity contribution >= 4 is 11.8 Å². The van der Waals surface area contributed by atoms with E-state index in [2.05, 4.69) is 14.7 Å². The molecule has 2 atom stereocenters. The summed E-state index contributed by atoms with van der Waals surface area (Å²) in [5, 5.41) is 3.52. The average Bonchev–Trinajstić information content (AvgIpc) is 2.78. The van der Waals surface area contributed by atoms with Crippen molar-refractivity contribution in [3.05, 3.63) is 11.7 Å². The molecule has 0 radical (unpaired) electrons. The van der Waals surface area contributed by atoms with E-state index in [0.717, 1.165) is 12.7 Å². The second kappa shape index (κ2) is 4.71. The third-order valence-electron chi connectivity index (χ3n) is 2.58. The summed E-state index contributed by atoms with van der Waals surface area (Å²) in [6, 6.07) is 0. The summed E-state index contributed by atoms with van der Waals surface area (Å²) >= 11 is 1.62. The Morgan fingerprint density at radius 3 is 2.72 bits per heavy atom. The zero-order chi connectivity index (χ0) is 13.4. The van der Waals surface area contributed by atoms with E-state index in [9.17, 15) is 13.2 Å². The summed E-state index contributed by atoms with van der Waals surface area (Å²) in [5.74, 6) is 0.896. The topological polar surface area (TPSA) is 74.2 Å². The Labute approximate surface area is 105 Å². The van der Waals surface area contributed by atoms with Crippen LogP contribution in [0.3, 0.4) is 0 Å². The smallest absolute Gasteiger partial charge is 0.368 e. The molecule has 1 saturated heterocycles. The fraction of sp³-hybridized carbons (Fsp3) is 0.778. The van der Waals surface area contributed by atoms with Crippen molar-refractivity contribution in [3.8, 4) is 0 Å². The Morgan fingerprint density at radius 2 is 2.17 bits per heavy atom. The first-order chi connectivity index (χ1) is 8.32. The lowest BCUT2D eigenvalue weighted by Crippen LogP contribution is -2.48. The number of aromatic nitrogens is 2. The van der Waals surface area contributed by atoms with E-state index in [1.165, 1.54) is 0 Å². The number of nitrogens with zero attached hydrogens (tertiary/aromatic N) is 2. The number of ether oxygens (including phenoxy) is 1. The number of alkyl halides is 3. The van der Waals surface area contributed by atoms with E-state index < -0.39 is 23.7 Å². The Bertz CT molecular complexity index is 415. The van der Waals surface area contributed by atoms with Gasteiger partial charge in [0.2, 0.25) is 5.82 Å². The van der Waals surface area contributed by atoms with Crippen molar-refractivity contribution in [2.75, 3.05) is 18.1 Å². The molecule has 102 valence electrons. The first-order valence-corrected chi connectivity index (χ1v) is 6.37. The van der Waals surface area contributed by atoms with Gasteiger partial charge < -0.3 is 15.0 Å². The molecule has 0 aliphatic carbocycles. The molecule has 1 aliphatic rings. The highest BCUT2D eigenvalue weighted by molar-refractivity contribution is 7.99. The minimum atomic E-state index is -4.65. The molecule has 2 unspecified atom stereocenters. The molecule has 2 heterocycles. The molecule has 1 fully saturated rings. The van der Waals surface area contributed by atoms with Crippen molar-refractivity contribution < 1.29 is 22.4 Å². The molecule has 0 aromatic carbocycles. The van der Waals surface area contributed by atoms with Gasteiger partial charge in [-0.15, -0.1) is 0 Å². The van der Waals surface area contributed by atoms with Crippen molar-refractivity contribution in [1.82, 2.24) is 10.1 Å². The Morgan fingerprint density at radius 1 is 1.44 bits per heavy atom. The Balaban J connectivity index is 2.19. The highest BCUT2D eigenvalue weighted by Crippen LogP contribution is 2.36. The standard InChI is InChI=1S/C9H12F3N3O2S/c1-8(13,9(10,11)12)7-14-6(15-17-7)5-4-18-3-2-16-5/h5H,2-4,13H2,1H3. The molecule has 0 spiro atoms. The van der Waals surface area contributed by atoms with Crippen LogP contribution in [0.25, 0.3) is 0 Å². The van der Waals surface area contributed by atoms with Crippen LogP contribution >= 0.6 is 11.8 Å². The monoisotopic (exact) mass is 283 g/mol. The molecular formula is C9H12F3N3O2S. The quantitative estimate of drug-likeness (QED) is 0.889. The van der Waals surface area contributed by atoms with E-state index >= 15 is 0 Å². The highest BCUT2D eigenvalue weighted by Gasteiger charge is 2.53. The second-order valence-corrected chi connectivity index (χ2v) is 5.24. The summed E-state index contributed by atoms with van der Waals surface area (Å²) in [6.45, 7) is 1.30.